The number of amides is 1. The molecule has 2 aliphatic rings. The average Bonchev–Trinajstić information content (AvgIpc) is 3.19. The number of piperazine rings is 1. The van der Waals surface area contributed by atoms with Gasteiger partial charge in [-0.2, -0.15) is 5.10 Å². The van der Waals surface area contributed by atoms with E-state index in [1.54, 1.807) is 4.68 Å². The number of carbonyl (C=O) groups excluding carboxylic acids is 1. The zero-order valence-electron chi connectivity index (χ0n) is 14.5. The number of nitrogens with one attached hydrogen (secondary N) is 1. The summed E-state index contributed by atoms with van der Waals surface area (Å²) in [5.74, 6) is -1.88. The van der Waals surface area contributed by atoms with Gasteiger partial charge in [-0.25, -0.2) is 13.5 Å². The fourth-order valence-electron chi connectivity index (χ4n) is 3.71. The van der Waals surface area contributed by atoms with Crippen molar-refractivity contribution in [2.45, 2.75) is 32.2 Å². The van der Waals surface area contributed by atoms with Gasteiger partial charge in [0.15, 0.2) is 17.3 Å². The third-order valence-electron chi connectivity index (χ3n) is 4.94. The zero-order valence-corrected chi connectivity index (χ0v) is 15.3. The van der Waals surface area contributed by atoms with Gasteiger partial charge < -0.3 is 10.2 Å². The Morgan fingerprint density at radius 1 is 1.27 bits per heavy atom. The predicted octanol–water partition coefficient (Wildman–Crippen LogP) is 2.49. The van der Waals surface area contributed by atoms with E-state index in [9.17, 15) is 13.6 Å². The number of benzene rings is 1. The van der Waals surface area contributed by atoms with Gasteiger partial charge in [0.2, 0.25) is 0 Å². The van der Waals surface area contributed by atoms with E-state index in [0.717, 1.165) is 49.2 Å². The SMILES string of the molecule is CC1CN(C(=O)c2nn(-c3ccc(F)c(F)c3)c3c2CCC3)CCN1.Cl. The summed E-state index contributed by atoms with van der Waals surface area (Å²) in [7, 11) is 0. The van der Waals surface area contributed by atoms with Crippen molar-refractivity contribution in [2.24, 2.45) is 0 Å². The molecule has 1 aromatic carbocycles. The van der Waals surface area contributed by atoms with Crippen molar-refractivity contribution in [1.82, 2.24) is 20.0 Å². The highest BCUT2D eigenvalue weighted by molar-refractivity contribution is 5.94. The largest absolute Gasteiger partial charge is 0.334 e. The molecule has 1 fully saturated rings. The maximum absolute atomic E-state index is 13.6. The molecule has 2 heterocycles. The van der Waals surface area contributed by atoms with Crippen LogP contribution in [0.5, 0.6) is 0 Å². The van der Waals surface area contributed by atoms with E-state index < -0.39 is 11.6 Å². The van der Waals surface area contributed by atoms with Crippen LogP contribution < -0.4 is 5.32 Å². The number of aromatic nitrogens is 2. The van der Waals surface area contributed by atoms with E-state index in [1.165, 1.54) is 6.07 Å². The molecule has 1 saturated heterocycles. The van der Waals surface area contributed by atoms with Crippen LogP contribution in [0.25, 0.3) is 5.69 Å². The minimum Gasteiger partial charge on any atom is -0.334 e. The molecule has 4 rings (SSSR count). The van der Waals surface area contributed by atoms with E-state index in [-0.39, 0.29) is 24.4 Å². The van der Waals surface area contributed by atoms with E-state index in [1.807, 2.05) is 11.8 Å². The van der Waals surface area contributed by atoms with E-state index in [2.05, 4.69) is 10.4 Å². The number of rotatable bonds is 2. The van der Waals surface area contributed by atoms with Crippen LogP contribution in [0.15, 0.2) is 18.2 Å². The van der Waals surface area contributed by atoms with Gasteiger partial charge in [0, 0.05) is 43.0 Å². The Bertz CT molecular complexity index is 839. The Balaban J connectivity index is 0.00000196. The summed E-state index contributed by atoms with van der Waals surface area (Å²) in [6.45, 7) is 4.10. The molecule has 1 amide bonds. The number of carbonyl (C=O) groups is 1. The highest BCUT2D eigenvalue weighted by Crippen LogP contribution is 2.29. The summed E-state index contributed by atoms with van der Waals surface area (Å²) in [5.41, 5.74) is 2.77. The molecule has 0 saturated carbocycles. The smallest absolute Gasteiger partial charge is 0.274 e. The second kappa shape index (κ2) is 7.32. The quantitative estimate of drug-likeness (QED) is 0.868. The molecule has 0 spiro atoms. The van der Waals surface area contributed by atoms with Crippen molar-refractivity contribution in [3.63, 3.8) is 0 Å². The molecule has 1 aromatic heterocycles. The summed E-state index contributed by atoms with van der Waals surface area (Å²) < 4.78 is 28.4. The van der Waals surface area contributed by atoms with Crippen LogP contribution in [-0.4, -0.2) is 46.3 Å². The van der Waals surface area contributed by atoms with Crippen LogP contribution in [0.3, 0.4) is 0 Å². The Labute approximate surface area is 156 Å². The summed E-state index contributed by atoms with van der Waals surface area (Å²) in [5, 5.41) is 7.81. The van der Waals surface area contributed by atoms with Crippen LogP contribution >= 0.6 is 12.4 Å². The van der Waals surface area contributed by atoms with E-state index in [0.29, 0.717) is 24.5 Å². The third-order valence-corrected chi connectivity index (χ3v) is 4.94. The molecule has 5 nitrogen and oxygen atoms in total. The first-order valence-corrected chi connectivity index (χ1v) is 8.63. The molecule has 1 N–H and O–H groups in total. The molecule has 1 aliphatic carbocycles. The monoisotopic (exact) mass is 382 g/mol. The first-order chi connectivity index (χ1) is 12.0. The van der Waals surface area contributed by atoms with Gasteiger partial charge >= 0.3 is 0 Å². The molecule has 8 heteroatoms. The molecule has 0 radical (unpaired) electrons. The minimum atomic E-state index is -0.913. The van der Waals surface area contributed by atoms with Crippen molar-refractivity contribution < 1.29 is 13.6 Å². The van der Waals surface area contributed by atoms with Gasteiger partial charge in [-0.15, -0.1) is 12.4 Å². The molecule has 1 atom stereocenters. The predicted molar refractivity (Wildman–Crippen MR) is 96.1 cm³/mol. The molecular formula is C18H21ClF2N4O. The second-order valence-corrected chi connectivity index (χ2v) is 6.74. The molecule has 0 bridgehead atoms. The lowest BCUT2D eigenvalue weighted by Crippen LogP contribution is -2.51. The molecule has 2 aromatic rings. The number of nitrogens with zero attached hydrogens (tertiary/aromatic N) is 3. The molecule has 140 valence electrons. The number of hydrogen-bond acceptors (Lipinski definition) is 3. The summed E-state index contributed by atoms with van der Waals surface area (Å²) in [4.78, 5) is 14.8. The summed E-state index contributed by atoms with van der Waals surface area (Å²) >= 11 is 0. The van der Waals surface area contributed by atoms with E-state index in [4.69, 9.17) is 0 Å². The van der Waals surface area contributed by atoms with Crippen molar-refractivity contribution >= 4 is 18.3 Å². The second-order valence-electron chi connectivity index (χ2n) is 6.74. The topological polar surface area (TPSA) is 50.2 Å². The third kappa shape index (κ3) is 3.21. The first-order valence-electron chi connectivity index (χ1n) is 8.63. The summed E-state index contributed by atoms with van der Waals surface area (Å²) in [6.07, 6.45) is 2.52. The average molecular weight is 383 g/mol. The van der Waals surface area contributed by atoms with Gasteiger partial charge in [-0.05, 0) is 38.3 Å². The van der Waals surface area contributed by atoms with Crippen molar-refractivity contribution in [3.8, 4) is 5.69 Å². The number of hydrogen-bond donors (Lipinski definition) is 1. The van der Waals surface area contributed by atoms with Crippen LogP contribution in [0.4, 0.5) is 8.78 Å². The maximum Gasteiger partial charge on any atom is 0.274 e. The number of halogens is 3. The van der Waals surface area contributed by atoms with Gasteiger partial charge in [-0.3, -0.25) is 4.79 Å². The molecule has 26 heavy (non-hydrogen) atoms. The van der Waals surface area contributed by atoms with Gasteiger partial charge in [-0.1, -0.05) is 0 Å². The lowest BCUT2D eigenvalue weighted by atomic mass is 10.1. The highest BCUT2D eigenvalue weighted by atomic mass is 35.5. The van der Waals surface area contributed by atoms with Gasteiger partial charge in [0.05, 0.1) is 5.69 Å². The van der Waals surface area contributed by atoms with Gasteiger partial charge in [0.1, 0.15) is 0 Å². The molecular weight excluding hydrogens is 362 g/mol. The van der Waals surface area contributed by atoms with E-state index >= 15 is 0 Å². The normalized spacial score (nSPS) is 19.2. The van der Waals surface area contributed by atoms with Gasteiger partial charge in [0.25, 0.3) is 5.91 Å². The molecule has 1 unspecified atom stereocenters. The molecule has 1 aliphatic heterocycles. The van der Waals surface area contributed by atoms with Crippen molar-refractivity contribution in [3.05, 3.63) is 46.8 Å². The standard InChI is InChI=1S/C18H20F2N4O.ClH/c1-11-10-23(8-7-21-11)18(25)17-13-3-2-4-16(13)24(22-17)12-5-6-14(19)15(20)9-12;/h5-6,9,11,21H,2-4,7-8,10H2,1H3;1H. The zero-order chi connectivity index (χ0) is 17.6. The Kier molecular flexibility index (Phi) is 5.29. The Hall–Kier alpha value is -1.99. The van der Waals surface area contributed by atoms with Crippen molar-refractivity contribution in [1.29, 1.82) is 0 Å². The van der Waals surface area contributed by atoms with Crippen LogP contribution in [0, 0.1) is 11.6 Å². The fraction of sp³-hybridized carbons (Fsp3) is 0.444. The van der Waals surface area contributed by atoms with Crippen LogP contribution in [0.1, 0.15) is 35.1 Å². The highest BCUT2D eigenvalue weighted by Gasteiger charge is 2.31. The lowest BCUT2D eigenvalue weighted by Gasteiger charge is -2.31. The first kappa shape index (κ1) is 18.8. The maximum atomic E-state index is 13.6. The van der Waals surface area contributed by atoms with Crippen LogP contribution in [0.2, 0.25) is 0 Å². The van der Waals surface area contributed by atoms with Crippen molar-refractivity contribution in [2.75, 3.05) is 19.6 Å². The summed E-state index contributed by atoms with van der Waals surface area (Å²) in [6, 6.07) is 3.96. The Morgan fingerprint density at radius 3 is 2.81 bits per heavy atom. The minimum absolute atomic E-state index is 0. The fourth-order valence-corrected chi connectivity index (χ4v) is 3.71. The van der Waals surface area contributed by atoms with Crippen LogP contribution in [-0.2, 0) is 12.8 Å². The Morgan fingerprint density at radius 2 is 2.08 bits per heavy atom. The lowest BCUT2D eigenvalue weighted by molar-refractivity contribution is 0.0701. The number of fused-ring (bicyclic) bond motifs is 1.